The number of carbonyl (C=O) groups is 3. The lowest BCUT2D eigenvalue weighted by molar-refractivity contribution is -0.134. The first kappa shape index (κ1) is 35.4. The van der Waals surface area contributed by atoms with Gasteiger partial charge in [-0.1, -0.05) is 55.8 Å². The lowest BCUT2D eigenvalue weighted by atomic mass is 10.0. The van der Waals surface area contributed by atoms with Crippen LogP contribution in [0, 0.1) is 5.92 Å². The van der Waals surface area contributed by atoms with E-state index in [0.717, 1.165) is 13.0 Å². The minimum Gasteiger partial charge on any atom is -0.488 e. The maximum Gasteiger partial charge on any atom is 0.227 e. The Bertz CT molecular complexity index is 1480. The van der Waals surface area contributed by atoms with Gasteiger partial charge in [-0.25, -0.2) is 0 Å². The highest BCUT2D eigenvalue weighted by Crippen LogP contribution is 2.29. The smallest absolute Gasteiger partial charge is 0.227 e. The summed E-state index contributed by atoms with van der Waals surface area (Å²) in [7, 11) is 2.06. The van der Waals surface area contributed by atoms with Gasteiger partial charge >= 0.3 is 0 Å². The Hall–Kier alpha value is -4.41. The van der Waals surface area contributed by atoms with Gasteiger partial charge in [0.1, 0.15) is 11.9 Å². The number of hydrogen-bond donors (Lipinski definition) is 4. The van der Waals surface area contributed by atoms with Gasteiger partial charge in [0.25, 0.3) is 0 Å². The Labute approximate surface area is 278 Å². The number of ether oxygens (including phenoxy) is 1. The van der Waals surface area contributed by atoms with Crippen molar-refractivity contribution < 1.29 is 24.2 Å². The maximum absolute atomic E-state index is 13.5. The fourth-order valence-electron chi connectivity index (χ4n) is 5.79. The molecule has 0 unspecified atom stereocenters. The SMILES string of the molecule is C[C@H]1CN([C@@H](C)CO)C(=O)Cc2cc(NC(=O)CCCCCC(=O)Nc3ccccc3N)ccc2O[C@@H]1CN(C)Cc1ccccc1. The summed E-state index contributed by atoms with van der Waals surface area (Å²) >= 11 is 0. The Balaban J connectivity index is 1.36. The molecule has 0 fully saturated rings. The maximum atomic E-state index is 13.5. The van der Waals surface area contributed by atoms with Crippen LogP contribution in [0.1, 0.15) is 57.1 Å². The fraction of sp³-hybridized carbons (Fsp3) is 0.432. The van der Waals surface area contributed by atoms with Crippen molar-refractivity contribution in [2.45, 2.75) is 71.1 Å². The molecule has 5 N–H and O–H groups in total. The molecule has 10 heteroatoms. The van der Waals surface area contributed by atoms with Gasteiger partial charge < -0.3 is 31.1 Å². The van der Waals surface area contributed by atoms with Crippen molar-refractivity contribution in [2.24, 2.45) is 5.92 Å². The van der Waals surface area contributed by atoms with E-state index in [4.69, 9.17) is 10.5 Å². The van der Waals surface area contributed by atoms with Crippen LogP contribution >= 0.6 is 0 Å². The number of carbonyl (C=O) groups excluding carboxylic acids is 3. The van der Waals surface area contributed by atoms with Gasteiger partial charge in [-0.2, -0.15) is 0 Å². The first-order chi connectivity index (χ1) is 22.6. The van der Waals surface area contributed by atoms with Crippen LogP contribution < -0.4 is 21.1 Å². The van der Waals surface area contributed by atoms with Crippen LogP contribution in [0.3, 0.4) is 0 Å². The molecule has 47 heavy (non-hydrogen) atoms. The van der Waals surface area contributed by atoms with Gasteiger partial charge in [0.05, 0.1) is 30.4 Å². The Morgan fingerprint density at radius 1 is 1.00 bits per heavy atom. The predicted octanol–water partition coefficient (Wildman–Crippen LogP) is 5.08. The topological polar surface area (TPSA) is 137 Å². The van der Waals surface area contributed by atoms with Gasteiger partial charge in [-0.3, -0.25) is 19.3 Å². The number of anilines is 3. The lowest BCUT2D eigenvalue weighted by Crippen LogP contribution is -2.47. The molecule has 0 aromatic heterocycles. The monoisotopic (exact) mass is 643 g/mol. The zero-order valence-corrected chi connectivity index (χ0v) is 27.8. The second-order valence-corrected chi connectivity index (χ2v) is 12.6. The van der Waals surface area contributed by atoms with Gasteiger partial charge in [0.15, 0.2) is 0 Å². The van der Waals surface area contributed by atoms with E-state index in [-0.39, 0.29) is 48.8 Å². The van der Waals surface area contributed by atoms with Crippen LogP contribution in [0.4, 0.5) is 17.1 Å². The molecule has 3 amide bonds. The molecule has 0 saturated heterocycles. The van der Waals surface area contributed by atoms with Crippen LogP contribution in [0.15, 0.2) is 72.8 Å². The number of rotatable bonds is 14. The van der Waals surface area contributed by atoms with Gasteiger partial charge in [-0.05, 0) is 62.7 Å². The molecule has 1 heterocycles. The predicted molar refractivity (Wildman–Crippen MR) is 186 cm³/mol. The first-order valence-corrected chi connectivity index (χ1v) is 16.5. The number of aliphatic hydroxyl groups excluding tert-OH is 1. The quantitative estimate of drug-likeness (QED) is 0.142. The van der Waals surface area contributed by atoms with Crippen molar-refractivity contribution >= 4 is 34.8 Å². The number of nitrogen functional groups attached to an aromatic ring is 1. The van der Waals surface area contributed by atoms with Crippen LogP contribution in [-0.2, 0) is 27.3 Å². The minimum atomic E-state index is -0.334. The third-order valence-electron chi connectivity index (χ3n) is 8.53. The lowest BCUT2D eigenvalue weighted by Gasteiger charge is -2.34. The summed E-state index contributed by atoms with van der Waals surface area (Å²) < 4.78 is 6.63. The normalized spacial score (nSPS) is 17.1. The number of nitrogens with two attached hydrogens (primary N) is 1. The van der Waals surface area contributed by atoms with E-state index in [2.05, 4.69) is 41.6 Å². The molecule has 0 spiro atoms. The number of likely N-dealkylation sites (N-methyl/N-ethyl adjacent to an activating group) is 1. The number of aliphatic hydroxyl groups is 1. The van der Waals surface area contributed by atoms with Gasteiger partial charge in [0.2, 0.25) is 17.7 Å². The summed E-state index contributed by atoms with van der Waals surface area (Å²) in [6, 6.07) is 22.5. The third-order valence-corrected chi connectivity index (χ3v) is 8.53. The summed E-state index contributed by atoms with van der Waals surface area (Å²) in [5.41, 5.74) is 9.51. The van der Waals surface area contributed by atoms with E-state index >= 15 is 0 Å². The Morgan fingerprint density at radius 3 is 2.38 bits per heavy atom. The van der Waals surface area contributed by atoms with Crippen LogP contribution in [-0.4, -0.2) is 71.5 Å². The summed E-state index contributed by atoms with van der Waals surface area (Å²) in [5, 5.41) is 15.7. The van der Waals surface area contributed by atoms with Crippen LogP contribution in [0.5, 0.6) is 5.75 Å². The second-order valence-electron chi connectivity index (χ2n) is 12.6. The van der Waals surface area contributed by atoms with E-state index in [1.165, 1.54) is 5.56 Å². The molecule has 0 aliphatic carbocycles. The molecule has 3 aromatic rings. The van der Waals surface area contributed by atoms with E-state index in [9.17, 15) is 19.5 Å². The summed E-state index contributed by atoms with van der Waals surface area (Å²) in [4.78, 5) is 42.5. The molecule has 4 rings (SSSR count). The highest BCUT2D eigenvalue weighted by Gasteiger charge is 2.31. The second kappa shape index (κ2) is 17.5. The third kappa shape index (κ3) is 10.8. The molecule has 252 valence electrons. The number of amides is 3. The fourth-order valence-corrected chi connectivity index (χ4v) is 5.79. The number of unbranched alkanes of at least 4 members (excludes halogenated alkanes) is 2. The van der Waals surface area contributed by atoms with Crippen molar-refractivity contribution in [3.63, 3.8) is 0 Å². The molecule has 0 saturated carbocycles. The largest absolute Gasteiger partial charge is 0.488 e. The standard InChI is InChI=1S/C37H49N5O5/c1-26-22-42(27(2)25-43)37(46)21-29-20-30(18-19-33(29)47-34(26)24-41(3)23-28-12-6-4-7-13-28)39-35(44)16-8-5-9-17-36(45)40-32-15-11-10-14-31(32)38/h4,6-7,10-15,18-20,26-27,34,43H,5,8-9,16-17,21-25,38H2,1-3H3,(H,39,44)(H,40,45)/t26-,27-,34+/m0/s1. The average molecular weight is 644 g/mol. The highest BCUT2D eigenvalue weighted by molar-refractivity contribution is 5.94. The highest BCUT2D eigenvalue weighted by atomic mass is 16.5. The van der Waals surface area contributed by atoms with E-state index < -0.39 is 0 Å². The number of benzene rings is 3. The Kier molecular flexibility index (Phi) is 13.2. The summed E-state index contributed by atoms with van der Waals surface area (Å²) in [6.07, 6.45) is 2.58. The molecule has 10 nitrogen and oxygen atoms in total. The van der Waals surface area contributed by atoms with Crippen molar-refractivity contribution in [3.8, 4) is 5.75 Å². The number of hydrogen-bond acceptors (Lipinski definition) is 7. The summed E-state index contributed by atoms with van der Waals surface area (Å²) in [5.74, 6) is 0.289. The number of nitrogens with one attached hydrogen (secondary N) is 2. The Morgan fingerprint density at radius 2 is 1.68 bits per heavy atom. The molecular weight excluding hydrogens is 594 g/mol. The van der Waals surface area contributed by atoms with Crippen molar-refractivity contribution in [1.82, 2.24) is 9.80 Å². The van der Waals surface area contributed by atoms with Crippen molar-refractivity contribution in [3.05, 3.63) is 83.9 Å². The zero-order chi connectivity index (χ0) is 33.8. The van der Waals surface area contributed by atoms with E-state index in [1.807, 2.05) is 55.5 Å². The number of fused-ring (bicyclic) bond motifs is 1. The minimum absolute atomic E-state index is 0.000880. The summed E-state index contributed by atoms with van der Waals surface area (Å²) in [6.45, 7) is 5.67. The molecule has 1 aliphatic rings. The number of para-hydroxylation sites is 2. The van der Waals surface area contributed by atoms with Gasteiger partial charge in [-0.15, -0.1) is 0 Å². The van der Waals surface area contributed by atoms with Crippen molar-refractivity contribution in [1.29, 1.82) is 0 Å². The van der Waals surface area contributed by atoms with Crippen LogP contribution in [0.25, 0.3) is 0 Å². The molecule has 0 bridgehead atoms. The first-order valence-electron chi connectivity index (χ1n) is 16.5. The van der Waals surface area contributed by atoms with Gasteiger partial charge in [0, 0.05) is 49.6 Å². The van der Waals surface area contributed by atoms with Crippen molar-refractivity contribution in [2.75, 3.05) is 43.1 Å². The molecule has 3 atom stereocenters. The molecular formula is C37H49N5O5. The van der Waals surface area contributed by atoms with E-state index in [1.54, 1.807) is 17.0 Å². The number of nitrogens with zero attached hydrogens (tertiary/aromatic N) is 2. The molecule has 3 aromatic carbocycles. The van der Waals surface area contributed by atoms with Crippen LogP contribution in [0.2, 0.25) is 0 Å². The average Bonchev–Trinajstić information content (AvgIpc) is 3.09. The molecule has 0 radical (unpaired) electrons. The zero-order valence-electron chi connectivity index (χ0n) is 27.8. The van der Waals surface area contributed by atoms with E-state index in [0.29, 0.717) is 67.1 Å². The molecule has 1 aliphatic heterocycles.